The SMILES string of the molecule is Cc1cc(CN(Cc2ccc3c(c2)OCO3)C(=O)c2cc3ccccc3s2)n(C)n1. The van der Waals surface area contributed by atoms with E-state index in [1.54, 1.807) is 0 Å². The van der Waals surface area contributed by atoms with Crippen molar-refractivity contribution in [2.75, 3.05) is 6.79 Å². The van der Waals surface area contributed by atoms with Gasteiger partial charge in [-0.15, -0.1) is 11.3 Å². The first-order valence-corrected chi connectivity index (χ1v) is 10.5. The third kappa shape index (κ3) is 3.52. The Morgan fingerprint density at radius 2 is 1.93 bits per heavy atom. The van der Waals surface area contributed by atoms with E-state index < -0.39 is 0 Å². The van der Waals surface area contributed by atoms with E-state index in [4.69, 9.17) is 9.47 Å². The molecule has 152 valence electrons. The summed E-state index contributed by atoms with van der Waals surface area (Å²) in [4.78, 5) is 16.1. The summed E-state index contributed by atoms with van der Waals surface area (Å²) in [6.45, 7) is 3.13. The van der Waals surface area contributed by atoms with Gasteiger partial charge in [-0.25, -0.2) is 0 Å². The fourth-order valence-electron chi connectivity index (χ4n) is 3.71. The molecule has 30 heavy (non-hydrogen) atoms. The molecule has 0 spiro atoms. The normalized spacial score (nSPS) is 12.5. The summed E-state index contributed by atoms with van der Waals surface area (Å²) >= 11 is 1.53. The Morgan fingerprint density at radius 3 is 2.73 bits per heavy atom. The zero-order valence-corrected chi connectivity index (χ0v) is 17.6. The lowest BCUT2D eigenvalue weighted by Gasteiger charge is -2.22. The second-order valence-corrected chi connectivity index (χ2v) is 8.48. The number of fused-ring (bicyclic) bond motifs is 2. The summed E-state index contributed by atoms with van der Waals surface area (Å²) in [7, 11) is 1.91. The molecule has 0 bridgehead atoms. The number of aromatic nitrogens is 2. The number of ether oxygens (including phenoxy) is 2. The predicted octanol–water partition coefficient (Wildman–Crippen LogP) is 4.51. The fraction of sp³-hybridized carbons (Fsp3) is 0.217. The lowest BCUT2D eigenvalue weighted by molar-refractivity contribution is 0.0731. The third-order valence-corrected chi connectivity index (χ3v) is 6.29. The number of amides is 1. The molecule has 3 heterocycles. The number of carbonyl (C=O) groups is 1. The van der Waals surface area contributed by atoms with E-state index in [1.165, 1.54) is 11.3 Å². The maximum absolute atomic E-state index is 13.5. The molecule has 6 nitrogen and oxygen atoms in total. The molecule has 4 aromatic rings. The molecule has 1 aliphatic rings. The van der Waals surface area contributed by atoms with E-state index in [1.807, 2.05) is 78.2 Å². The van der Waals surface area contributed by atoms with E-state index in [0.29, 0.717) is 13.1 Å². The van der Waals surface area contributed by atoms with E-state index in [2.05, 4.69) is 5.10 Å². The molecule has 7 heteroatoms. The van der Waals surface area contributed by atoms with Gasteiger partial charge in [0.1, 0.15) is 0 Å². The highest BCUT2D eigenvalue weighted by molar-refractivity contribution is 7.20. The second kappa shape index (κ2) is 7.50. The van der Waals surface area contributed by atoms with Crippen LogP contribution in [0.15, 0.2) is 54.6 Å². The van der Waals surface area contributed by atoms with Crippen molar-refractivity contribution in [1.82, 2.24) is 14.7 Å². The first-order chi connectivity index (χ1) is 14.6. The minimum absolute atomic E-state index is 0.00715. The second-order valence-electron chi connectivity index (χ2n) is 7.40. The zero-order valence-electron chi connectivity index (χ0n) is 16.8. The maximum atomic E-state index is 13.5. The highest BCUT2D eigenvalue weighted by Gasteiger charge is 2.22. The number of benzene rings is 2. The van der Waals surface area contributed by atoms with Crippen molar-refractivity contribution in [1.29, 1.82) is 0 Å². The zero-order chi connectivity index (χ0) is 20.7. The van der Waals surface area contributed by atoms with Gasteiger partial charge in [-0.1, -0.05) is 24.3 Å². The molecular weight excluding hydrogens is 398 g/mol. The van der Waals surface area contributed by atoms with Crippen LogP contribution in [-0.4, -0.2) is 27.4 Å². The summed E-state index contributed by atoms with van der Waals surface area (Å²) < 4.78 is 13.9. The van der Waals surface area contributed by atoms with Crippen molar-refractivity contribution >= 4 is 27.3 Å². The van der Waals surface area contributed by atoms with Crippen molar-refractivity contribution in [3.05, 3.63) is 76.4 Å². The Bertz CT molecular complexity index is 1210. The van der Waals surface area contributed by atoms with Crippen molar-refractivity contribution in [3.8, 4) is 11.5 Å². The van der Waals surface area contributed by atoms with Crippen LogP contribution in [0.5, 0.6) is 11.5 Å². The van der Waals surface area contributed by atoms with Gasteiger partial charge in [-0.2, -0.15) is 5.10 Å². The number of rotatable bonds is 5. The van der Waals surface area contributed by atoms with Gasteiger partial charge in [-0.05, 0) is 48.2 Å². The first-order valence-electron chi connectivity index (χ1n) is 9.73. The molecular formula is C23H21N3O3S. The van der Waals surface area contributed by atoms with Crippen molar-refractivity contribution in [2.45, 2.75) is 20.0 Å². The van der Waals surface area contributed by atoms with Crippen molar-refractivity contribution in [3.63, 3.8) is 0 Å². The fourth-order valence-corrected chi connectivity index (χ4v) is 4.74. The lowest BCUT2D eigenvalue weighted by atomic mass is 10.1. The van der Waals surface area contributed by atoms with Crippen LogP contribution in [0.2, 0.25) is 0 Å². The van der Waals surface area contributed by atoms with Gasteiger partial charge in [0.2, 0.25) is 6.79 Å². The molecule has 0 unspecified atom stereocenters. The highest BCUT2D eigenvalue weighted by atomic mass is 32.1. The number of thiophene rings is 1. The summed E-state index contributed by atoms with van der Waals surface area (Å²) in [5.41, 5.74) is 2.92. The average molecular weight is 420 g/mol. The van der Waals surface area contributed by atoms with E-state index in [-0.39, 0.29) is 12.7 Å². The topological polar surface area (TPSA) is 56.6 Å². The molecule has 0 saturated carbocycles. The molecule has 1 amide bonds. The predicted molar refractivity (Wildman–Crippen MR) is 116 cm³/mol. The molecule has 0 saturated heterocycles. The summed E-state index contributed by atoms with van der Waals surface area (Å²) in [5.74, 6) is 1.47. The monoisotopic (exact) mass is 419 g/mol. The van der Waals surface area contributed by atoms with Crippen LogP contribution < -0.4 is 9.47 Å². The van der Waals surface area contributed by atoms with Crippen LogP contribution in [0.3, 0.4) is 0 Å². The van der Waals surface area contributed by atoms with E-state index in [0.717, 1.165) is 43.4 Å². The van der Waals surface area contributed by atoms with Gasteiger partial charge in [0.05, 0.1) is 22.8 Å². The first kappa shape index (κ1) is 18.7. The van der Waals surface area contributed by atoms with Crippen LogP contribution in [0.4, 0.5) is 0 Å². The molecule has 1 aliphatic heterocycles. The third-order valence-electron chi connectivity index (χ3n) is 5.19. The molecule has 0 fully saturated rings. The summed E-state index contributed by atoms with van der Waals surface area (Å²) in [5, 5.41) is 5.52. The molecule has 0 radical (unpaired) electrons. The Balaban J connectivity index is 1.48. The number of nitrogens with zero attached hydrogens (tertiary/aromatic N) is 3. The Labute approximate surface area is 178 Å². The van der Waals surface area contributed by atoms with Gasteiger partial charge >= 0.3 is 0 Å². The molecule has 2 aromatic heterocycles. The smallest absolute Gasteiger partial charge is 0.264 e. The van der Waals surface area contributed by atoms with Crippen LogP contribution in [0, 0.1) is 6.92 Å². The Hall–Kier alpha value is -3.32. The number of hydrogen-bond acceptors (Lipinski definition) is 5. The minimum Gasteiger partial charge on any atom is -0.454 e. The molecule has 2 aromatic carbocycles. The van der Waals surface area contributed by atoms with Gasteiger partial charge in [0.15, 0.2) is 11.5 Å². The van der Waals surface area contributed by atoms with E-state index in [9.17, 15) is 4.79 Å². The largest absolute Gasteiger partial charge is 0.454 e. The summed E-state index contributed by atoms with van der Waals surface area (Å²) in [6.07, 6.45) is 0. The van der Waals surface area contributed by atoms with Gasteiger partial charge < -0.3 is 14.4 Å². The van der Waals surface area contributed by atoms with Crippen molar-refractivity contribution in [2.24, 2.45) is 7.05 Å². The number of hydrogen-bond donors (Lipinski definition) is 0. The minimum atomic E-state index is 0.00715. The van der Waals surface area contributed by atoms with Gasteiger partial charge in [-0.3, -0.25) is 9.48 Å². The van der Waals surface area contributed by atoms with Crippen LogP contribution in [-0.2, 0) is 20.1 Å². The standard InChI is InChI=1S/C23H21N3O3S/c1-15-9-18(25(2)24-15)13-26(12-16-7-8-19-20(10-16)29-14-28-19)23(27)22-11-17-5-3-4-6-21(17)30-22/h3-11H,12-14H2,1-2H3. The molecule has 0 atom stereocenters. The Morgan fingerprint density at radius 1 is 1.10 bits per heavy atom. The van der Waals surface area contributed by atoms with Crippen LogP contribution >= 0.6 is 11.3 Å². The maximum Gasteiger partial charge on any atom is 0.264 e. The average Bonchev–Trinajstić information content (AvgIpc) is 3.44. The number of aryl methyl sites for hydroxylation is 2. The van der Waals surface area contributed by atoms with Crippen LogP contribution in [0.1, 0.15) is 26.6 Å². The van der Waals surface area contributed by atoms with E-state index >= 15 is 0 Å². The molecule has 0 aliphatic carbocycles. The summed E-state index contributed by atoms with van der Waals surface area (Å²) in [6, 6.07) is 17.9. The Kier molecular flexibility index (Phi) is 4.67. The quantitative estimate of drug-likeness (QED) is 0.477. The van der Waals surface area contributed by atoms with Gasteiger partial charge in [0.25, 0.3) is 5.91 Å². The lowest BCUT2D eigenvalue weighted by Crippen LogP contribution is -2.30. The van der Waals surface area contributed by atoms with Crippen molar-refractivity contribution < 1.29 is 14.3 Å². The number of carbonyl (C=O) groups excluding carboxylic acids is 1. The molecule has 5 rings (SSSR count). The van der Waals surface area contributed by atoms with Crippen LogP contribution in [0.25, 0.3) is 10.1 Å². The highest BCUT2D eigenvalue weighted by Crippen LogP contribution is 2.33. The molecule has 0 N–H and O–H groups in total. The van der Waals surface area contributed by atoms with Gasteiger partial charge in [0, 0.05) is 18.3 Å².